The first kappa shape index (κ1) is 24.7. The van der Waals surface area contributed by atoms with Crippen LogP contribution in [0.4, 0.5) is 0 Å². The Kier molecular flexibility index (Phi) is 9.51. The van der Waals surface area contributed by atoms with Crippen molar-refractivity contribution in [3.63, 3.8) is 0 Å². The Morgan fingerprint density at radius 3 is 2.33 bits per heavy atom. The Morgan fingerprint density at radius 1 is 1.19 bits per heavy atom. The number of carbonyl (C=O) groups is 2. The minimum atomic E-state index is -1.97. The number of nitrogens with one attached hydrogen (secondary N) is 1. The van der Waals surface area contributed by atoms with Crippen LogP contribution in [0.25, 0.3) is 0 Å². The number of aliphatic hydroxyl groups is 5. The fourth-order valence-corrected chi connectivity index (χ4v) is 2.91. The van der Waals surface area contributed by atoms with E-state index in [1.807, 2.05) is 0 Å². The molecule has 6 N–H and O–H groups in total. The van der Waals surface area contributed by atoms with Crippen molar-refractivity contribution in [1.29, 1.82) is 0 Å². The van der Waals surface area contributed by atoms with Gasteiger partial charge in [-0.15, -0.1) is 0 Å². The van der Waals surface area contributed by atoms with Gasteiger partial charge < -0.3 is 55.0 Å². The van der Waals surface area contributed by atoms with E-state index in [1.165, 1.54) is 6.92 Å². The molecule has 0 aromatic heterocycles. The van der Waals surface area contributed by atoms with E-state index in [9.17, 15) is 40.2 Å². The van der Waals surface area contributed by atoms with Crippen LogP contribution in [0.1, 0.15) is 13.3 Å². The molecule has 2 aliphatic rings. The molecule has 0 aliphatic carbocycles. The zero-order valence-electron chi connectivity index (χ0n) is 14.8. The Hall–Kier alpha value is -0.380. The van der Waals surface area contributed by atoms with E-state index in [2.05, 4.69) is 5.32 Å². The second-order valence-corrected chi connectivity index (χ2v) is 6.18. The molecule has 9 unspecified atom stereocenters. The van der Waals surface area contributed by atoms with Gasteiger partial charge in [-0.3, -0.25) is 4.79 Å². The molecule has 2 aliphatic heterocycles. The van der Waals surface area contributed by atoms with Crippen LogP contribution in [0.5, 0.6) is 0 Å². The molecule has 2 saturated heterocycles. The molecule has 9 atom stereocenters. The van der Waals surface area contributed by atoms with Crippen molar-refractivity contribution < 1.29 is 84.0 Å². The number of ether oxygens (including phenoxy) is 3. The van der Waals surface area contributed by atoms with Crippen LogP contribution in [0.2, 0.25) is 0 Å². The number of carbonyl (C=O) groups excluding carboxylic acids is 2. The standard InChI is InChI=1S/C14H23NO11.Na/c1-4(17)15-5-2-6(18)7(3-16)24-14(5)26-10-8(19)9(20)13(23)25-11(10)12(21)22;/h5-11,13-14,16,18-20,23H,2-3H2,1H3,(H,15,17)(H,21,22);/q;+1/p-1. The second kappa shape index (κ2) is 10.4. The largest absolute Gasteiger partial charge is 1.00 e. The summed E-state index contributed by atoms with van der Waals surface area (Å²) in [5, 5.41) is 62.0. The second-order valence-electron chi connectivity index (χ2n) is 6.18. The molecule has 13 heteroatoms. The van der Waals surface area contributed by atoms with E-state index < -0.39 is 73.7 Å². The molecule has 2 rings (SSSR count). The van der Waals surface area contributed by atoms with Gasteiger partial charge in [0.2, 0.25) is 5.91 Å². The summed E-state index contributed by atoms with van der Waals surface area (Å²) < 4.78 is 15.4. The predicted molar refractivity (Wildman–Crippen MR) is 76.7 cm³/mol. The molecule has 0 saturated carbocycles. The molecule has 0 bridgehead atoms. The van der Waals surface area contributed by atoms with Gasteiger partial charge >= 0.3 is 29.6 Å². The van der Waals surface area contributed by atoms with Crippen LogP contribution in [0, 0.1) is 0 Å². The van der Waals surface area contributed by atoms with Crippen LogP contribution in [0.3, 0.4) is 0 Å². The van der Waals surface area contributed by atoms with Gasteiger partial charge in [-0.25, -0.2) is 0 Å². The first-order chi connectivity index (χ1) is 12.1. The zero-order valence-corrected chi connectivity index (χ0v) is 16.8. The zero-order chi connectivity index (χ0) is 19.6. The van der Waals surface area contributed by atoms with Gasteiger partial charge in [0, 0.05) is 13.3 Å². The molecule has 1 amide bonds. The van der Waals surface area contributed by atoms with Gasteiger partial charge in [0.15, 0.2) is 12.6 Å². The third-order valence-corrected chi connectivity index (χ3v) is 4.22. The van der Waals surface area contributed by atoms with E-state index >= 15 is 0 Å². The Balaban J connectivity index is 0.00000364. The van der Waals surface area contributed by atoms with E-state index in [1.54, 1.807) is 0 Å². The first-order valence-corrected chi connectivity index (χ1v) is 7.93. The number of aliphatic hydroxyl groups excluding tert-OH is 5. The third-order valence-electron chi connectivity index (χ3n) is 4.22. The number of aliphatic carboxylic acids is 1. The molecule has 27 heavy (non-hydrogen) atoms. The molecule has 0 aromatic carbocycles. The molecule has 0 spiro atoms. The van der Waals surface area contributed by atoms with Crippen LogP contribution in [-0.2, 0) is 23.8 Å². The molecule has 0 aromatic rings. The number of carboxylic acid groups (broad SMARTS) is 1. The van der Waals surface area contributed by atoms with E-state index in [4.69, 9.17) is 14.2 Å². The first-order valence-electron chi connectivity index (χ1n) is 7.93. The summed E-state index contributed by atoms with van der Waals surface area (Å²) in [6.45, 7) is 0.618. The van der Waals surface area contributed by atoms with Gasteiger partial charge in [-0.2, -0.15) is 0 Å². The summed E-state index contributed by atoms with van der Waals surface area (Å²) in [4.78, 5) is 22.6. The SMILES string of the molecule is CC(=O)NC1CC(O)C(CO)OC1OC1C(C(=O)[O-])OC(O)C(O)C1O.[Na+]. The molecule has 0 radical (unpaired) electrons. The van der Waals surface area contributed by atoms with Crippen LogP contribution < -0.4 is 40.0 Å². The van der Waals surface area contributed by atoms with Crippen molar-refractivity contribution in [3.05, 3.63) is 0 Å². The van der Waals surface area contributed by atoms with Crippen molar-refractivity contribution in [2.24, 2.45) is 0 Å². The smallest absolute Gasteiger partial charge is 0.547 e. The van der Waals surface area contributed by atoms with Gasteiger partial charge in [-0.05, 0) is 0 Å². The van der Waals surface area contributed by atoms with Crippen LogP contribution in [-0.4, -0.2) is 99.3 Å². The van der Waals surface area contributed by atoms with Gasteiger partial charge in [0.1, 0.15) is 30.5 Å². The number of rotatable bonds is 5. The van der Waals surface area contributed by atoms with Gasteiger partial charge in [-0.1, -0.05) is 0 Å². The maximum absolute atomic E-state index is 11.3. The number of amides is 1. The molecule has 150 valence electrons. The van der Waals surface area contributed by atoms with Crippen molar-refractivity contribution in [1.82, 2.24) is 5.32 Å². The fourth-order valence-electron chi connectivity index (χ4n) is 2.91. The maximum Gasteiger partial charge on any atom is 1.00 e. The molecule has 12 nitrogen and oxygen atoms in total. The summed E-state index contributed by atoms with van der Waals surface area (Å²) in [6, 6.07) is -0.941. The van der Waals surface area contributed by atoms with Gasteiger partial charge in [0.05, 0.1) is 24.7 Å². The predicted octanol–water partition coefficient (Wildman–Crippen LogP) is -8.46. The quantitative estimate of drug-likeness (QED) is 0.238. The average Bonchev–Trinajstić information content (AvgIpc) is 2.56. The fraction of sp³-hybridized carbons (Fsp3) is 0.857. The average molecular weight is 403 g/mol. The molecular weight excluding hydrogens is 381 g/mol. The minimum Gasteiger partial charge on any atom is -0.547 e. The molecular formula is C14H22NNaO11. The number of hydrogen-bond acceptors (Lipinski definition) is 11. The number of carboxylic acids is 1. The van der Waals surface area contributed by atoms with Crippen molar-refractivity contribution >= 4 is 11.9 Å². The van der Waals surface area contributed by atoms with Crippen molar-refractivity contribution in [2.45, 2.75) is 68.6 Å². The van der Waals surface area contributed by atoms with E-state index in [-0.39, 0.29) is 36.0 Å². The summed E-state index contributed by atoms with van der Waals surface area (Å²) in [5.74, 6) is -2.31. The maximum atomic E-state index is 11.3. The summed E-state index contributed by atoms with van der Waals surface area (Å²) in [5.41, 5.74) is 0. The molecule has 2 fully saturated rings. The Labute approximate surface area is 176 Å². The Bertz CT molecular complexity index is 523. The summed E-state index contributed by atoms with van der Waals surface area (Å²) in [6.07, 6.45) is -13.0. The summed E-state index contributed by atoms with van der Waals surface area (Å²) in [7, 11) is 0. The van der Waals surface area contributed by atoms with Crippen LogP contribution >= 0.6 is 0 Å². The van der Waals surface area contributed by atoms with Crippen LogP contribution in [0.15, 0.2) is 0 Å². The van der Waals surface area contributed by atoms with Crippen molar-refractivity contribution in [3.8, 4) is 0 Å². The Morgan fingerprint density at radius 2 is 1.81 bits per heavy atom. The van der Waals surface area contributed by atoms with E-state index in [0.29, 0.717) is 0 Å². The normalized spacial score (nSPS) is 42.1. The monoisotopic (exact) mass is 403 g/mol. The minimum absolute atomic E-state index is 0. The third kappa shape index (κ3) is 5.81. The molecule has 2 heterocycles. The van der Waals surface area contributed by atoms with Crippen molar-refractivity contribution in [2.75, 3.05) is 6.61 Å². The van der Waals surface area contributed by atoms with Gasteiger partial charge in [0.25, 0.3) is 0 Å². The topological polar surface area (TPSA) is 198 Å². The number of hydrogen-bond donors (Lipinski definition) is 6. The summed E-state index contributed by atoms with van der Waals surface area (Å²) >= 11 is 0. The van der Waals surface area contributed by atoms with E-state index in [0.717, 1.165) is 0 Å².